The number of hydrogen-bond donors (Lipinski definition) is 1. The number of sulfonamides is 1. The van der Waals surface area contributed by atoms with Gasteiger partial charge in [-0.25, -0.2) is 8.42 Å². The van der Waals surface area contributed by atoms with Crippen molar-refractivity contribution in [2.45, 2.75) is 6.42 Å². The third-order valence-corrected chi connectivity index (χ3v) is 3.13. The van der Waals surface area contributed by atoms with E-state index in [0.717, 1.165) is 0 Å². The molecule has 0 radical (unpaired) electrons. The van der Waals surface area contributed by atoms with E-state index in [2.05, 4.69) is 9.82 Å². The van der Waals surface area contributed by atoms with Gasteiger partial charge in [-0.2, -0.15) is 5.10 Å². The van der Waals surface area contributed by atoms with E-state index < -0.39 is 10.0 Å². The van der Waals surface area contributed by atoms with Gasteiger partial charge < -0.3 is 0 Å². The first kappa shape index (κ1) is 11.3. The smallest absolute Gasteiger partial charge is 0.233 e. The molecule has 0 aliphatic heterocycles. The van der Waals surface area contributed by atoms with Crippen LogP contribution in [0.1, 0.15) is 6.42 Å². The van der Waals surface area contributed by atoms with Crippen LogP contribution in [0.15, 0.2) is 12.3 Å². The SMILES string of the molecule is Cn1ccc(NS(=O)(=O)CCCCl)n1. The summed E-state index contributed by atoms with van der Waals surface area (Å²) in [7, 11) is -1.57. The molecule has 1 aromatic heterocycles. The maximum atomic E-state index is 11.3. The number of aryl methyl sites for hydroxylation is 1. The normalized spacial score (nSPS) is 11.6. The highest BCUT2D eigenvalue weighted by Crippen LogP contribution is 2.05. The summed E-state index contributed by atoms with van der Waals surface area (Å²) in [5.74, 6) is 0.693. The van der Waals surface area contributed by atoms with E-state index in [9.17, 15) is 8.42 Å². The van der Waals surface area contributed by atoms with Crippen molar-refractivity contribution in [2.75, 3.05) is 16.4 Å². The number of hydrogen-bond acceptors (Lipinski definition) is 3. The molecule has 0 atom stereocenters. The Hall–Kier alpha value is -0.750. The van der Waals surface area contributed by atoms with Crippen LogP contribution in [0.2, 0.25) is 0 Å². The van der Waals surface area contributed by atoms with Crippen LogP contribution >= 0.6 is 11.6 Å². The molecule has 0 aliphatic carbocycles. The van der Waals surface area contributed by atoms with Crippen molar-refractivity contribution in [1.29, 1.82) is 0 Å². The van der Waals surface area contributed by atoms with Crippen molar-refractivity contribution in [2.24, 2.45) is 7.05 Å². The molecule has 0 bridgehead atoms. The van der Waals surface area contributed by atoms with Gasteiger partial charge in [0, 0.05) is 25.2 Å². The van der Waals surface area contributed by atoms with Crippen LogP contribution in [0.5, 0.6) is 0 Å². The topological polar surface area (TPSA) is 64.0 Å². The van der Waals surface area contributed by atoms with Gasteiger partial charge in [0.25, 0.3) is 0 Å². The second-order valence-corrected chi connectivity index (χ2v) is 5.06. The highest BCUT2D eigenvalue weighted by atomic mass is 35.5. The summed E-state index contributed by atoms with van der Waals surface area (Å²) in [6.07, 6.45) is 2.10. The Morgan fingerprint density at radius 3 is 2.86 bits per heavy atom. The zero-order valence-electron chi connectivity index (χ0n) is 7.77. The quantitative estimate of drug-likeness (QED) is 0.771. The van der Waals surface area contributed by atoms with Crippen molar-refractivity contribution in [3.63, 3.8) is 0 Å². The van der Waals surface area contributed by atoms with Crippen LogP contribution in [-0.4, -0.2) is 29.8 Å². The Kier molecular flexibility index (Phi) is 3.77. The molecule has 0 fully saturated rings. The second kappa shape index (κ2) is 4.65. The Morgan fingerprint density at radius 1 is 1.64 bits per heavy atom. The van der Waals surface area contributed by atoms with Crippen molar-refractivity contribution >= 4 is 27.4 Å². The van der Waals surface area contributed by atoms with Crippen LogP contribution in [0.25, 0.3) is 0 Å². The van der Waals surface area contributed by atoms with E-state index in [1.807, 2.05) is 0 Å². The highest BCUT2D eigenvalue weighted by Gasteiger charge is 2.10. The van der Waals surface area contributed by atoms with Gasteiger partial charge in [-0.3, -0.25) is 9.40 Å². The molecule has 0 spiro atoms. The van der Waals surface area contributed by atoms with Crippen LogP contribution in [-0.2, 0) is 17.1 Å². The van der Waals surface area contributed by atoms with Gasteiger partial charge in [0.1, 0.15) is 0 Å². The molecular weight excluding hydrogens is 226 g/mol. The lowest BCUT2D eigenvalue weighted by Gasteiger charge is -2.03. The number of rotatable bonds is 5. The third-order valence-electron chi connectivity index (χ3n) is 1.52. The minimum absolute atomic E-state index is 0.0209. The van der Waals surface area contributed by atoms with Gasteiger partial charge in [0.15, 0.2) is 5.82 Å². The lowest BCUT2D eigenvalue weighted by atomic mass is 10.6. The number of alkyl halides is 1. The van der Waals surface area contributed by atoms with Crippen LogP contribution in [0, 0.1) is 0 Å². The maximum absolute atomic E-state index is 11.3. The summed E-state index contributed by atoms with van der Waals surface area (Å²) in [5.41, 5.74) is 0. The molecule has 5 nitrogen and oxygen atoms in total. The molecule has 0 saturated carbocycles. The van der Waals surface area contributed by atoms with E-state index in [1.54, 1.807) is 19.3 Å². The van der Waals surface area contributed by atoms with Gasteiger partial charge in [0.2, 0.25) is 10.0 Å². The molecule has 0 aliphatic rings. The predicted molar refractivity (Wildman–Crippen MR) is 56.0 cm³/mol. The first-order chi connectivity index (χ1) is 6.53. The zero-order chi connectivity index (χ0) is 10.6. The summed E-state index contributed by atoms with van der Waals surface area (Å²) in [4.78, 5) is 0. The van der Waals surface area contributed by atoms with Gasteiger partial charge in [-0.1, -0.05) is 0 Å². The van der Waals surface area contributed by atoms with Gasteiger partial charge >= 0.3 is 0 Å². The lowest BCUT2D eigenvalue weighted by Crippen LogP contribution is -2.17. The molecule has 1 aromatic rings. The van der Waals surface area contributed by atoms with E-state index in [-0.39, 0.29) is 5.75 Å². The van der Waals surface area contributed by atoms with Gasteiger partial charge in [0.05, 0.1) is 5.75 Å². The van der Waals surface area contributed by atoms with Crippen molar-refractivity contribution < 1.29 is 8.42 Å². The Bertz CT molecular complexity index is 387. The van der Waals surface area contributed by atoms with Crippen LogP contribution < -0.4 is 4.72 Å². The maximum Gasteiger partial charge on any atom is 0.233 e. The molecule has 0 aromatic carbocycles. The molecule has 1 heterocycles. The first-order valence-electron chi connectivity index (χ1n) is 4.09. The number of anilines is 1. The molecule has 7 heteroatoms. The number of nitrogens with zero attached hydrogens (tertiary/aromatic N) is 2. The first-order valence-corrected chi connectivity index (χ1v) is 6.28. The Balaban J connectivity index is 2.59. The van der Waals surface area contributed by atoms with Crippen molar-refractivity contribution in [1.82, 2.24) is 9.78 Å². The van der Waals surface area contributed by atoms with Crippen LogP contribution in [0.4, 0.5) is 5.82 Å². The fourth-order valence-electron chi connectivity index (χ4n) is 0.924. The minimum atomic E-state index is -3.29. The molecule has 14 heavy (non-hydrogen) atoms. The number of aromatic nitrogens is 2. The van der Waals surface area contributed by atoms with Crippen molar-refractivity contribution in [3.8, 4) is 0 Å². The minimum Gasteiger partial charge on any atom is -0.274 e. The van der Waals surface area contributed by atoms with E-state index in [1.165, 1.54) is 4.68 Å². The van der Waals surface area contributed by atoms with Gasteiger partial charge in [-0.05, 0) is 6.42 Å². The molecule has 1 rings (SSSR count). The van der Waals surface area contributed by atoms with E-state index in [0.29, 0.717) is 18.1 Å². The fourth-order valence-corrected chi connectivity index (χ4v) is 2.27. The fraction of sp³-hybridized carbons (Fsp3) is 0.571. The monoisotopic (exact) mass is 237 g/mol. The summed E-state index contributed by atoms with van der Waals surface area (Å²) in [5, 5.41) is 3.90. The number of halogens is 1. The summed E-state index contributed by atoms with van der Waals surface area (Å²) in [6.45, 7) is 0. The second-order valence-electron chi connectivity index (χ2n) is 2.84. The molecular formula is C7H12ClN3O2S. The lowest BCUT2D eigenvalue weighted by molar-refractivity contribution is 0.599. The average Bonchev–Trinajstić information content (AvgIpc) is 2.47. The van der Waals surface area contributed by atoms with E-state index in [4.69, 9.17) is 11.6 Å². The Labute approximate surface area is 88.1 Å². The molecule has 0 unspecified atom stereocenters. The van der Waals surface area contributed by atoms with Gasteiger partial charge in [-0.15, -0.1) is 11.6 Å². The zero-order valence-corrected chi connectivity index (χ0v) is 9.35. The molecule has 80 valence electrons. The molecule has 0 saturated heterocycles. The summed E-state index contributed by atoms with van der Waals surface area (Å²) < 4.78 is 26.6. The highest BCUT2D eigenvalue weighted by molar-refractivity contribution is 7.92. The largest absolute Gasteiger partial charge is 0.274 e. The van der Waals surface area contributed by atoms with Crippen LogP contribution in [0.3, 0.4) is 0 Å². The summed E-state index contributed by atoms with van der Waals surface area (Å²) in [6, 6.07) is 1.60. The van der Waals surface area contributed by atoms with E-state index >= 15 is 0 Å². The van der Waals surface area contributed by atoms with Crippen molar-refractivity contribution in [3.05, 3.63) is 12.3 Å². The third kappa shape index (κ3) is 3.55. The number of nitrogens with one attached hydrogen (secondary N) is 1. The Morgan fingerprint density at radius 2 is 2.36 bits per heavy atom. The average molecular weight is 238 g/mol. The predicted octanol–water partition coefficient (Wildman–Crippen LogP) is 0.791. The molecule has 0 amide bonds. The molecule has 1 N–H and O–H groups in total. The summed E-state index contributed by atoms with van der Waals surface area (Å²) >= 11 is 5.40. The standard InChI is InChI=1S/C7H12ClN3O2S/c1-11-5-3-7(9-11)10-14(12,13)6-2-4-8/h3,5H,2,4,6H2,1H3,(H,9,10).